The number of hydrogen-bond donors (Lipinski definition) is 2. The molecule has 10 nitrogen and oxygen atoms in total. The topological polar surface area (TPSA) is 133 Å². The fourth-order valence-electron chi connectivity index (χ4n) is 4.26. The Bertz CT molecular complexity index is 1830. The minimum Gasteiger partial charge on any atom is -0.487 e. The second-order valence-electron chi connectivity index (χ2n) is 11.0. The maximum atomic E-state index is 13.9. The highest BCUT2D eigenvalue weighted by Crippen LogP contribution is 2.24. The number of imidazole rings is 1. The first kappa shape index (κ1) is 30.8. The highest BCUT2D eigenvalue weighted by atomic mass is 35.5. The number of halogens is 3. The summed E-state index contributed by atoms with van der Waals surface area (Å²) in [6.07, 6.45) is 0.940. The number of aliphatic hydroxyl groups is 2. The van der Waals surface area contributed by atoms with Crippen LogP contribution in [0.15, 0.2) is 58.3 Å². The van der Waals surface area contributed by atoms with Crippen molar-refractivity contribution in [2.45, 2.75) is 58.5 Å². The van der Waals surface area contributed by atoms with E-state index in [9.17, 15) is 38.2 Å². The Labute approximate surface area is 243 Å². The van der Waals surface area contributed by atoms with Crippen LogP contribution in [0.3, 0.4) is 0 Å². The van der Waals surface area contributed by atoms with Gasteiger partial charge in [-0.25, -0.2) is 22.7 Å². The van der Waals surface area contributed by atoms with Gasteiger partial charge < -0.3 is 19.5 Å². The van der Waals surface area contributed by atoms with Gasteiger partial charge in [0.05, 0.1) is 29.6 Å². The van der Waals surface area contributed by atoms with Gasteiger partial charge in [-0.1, -0.05) is 17.7 Å². The molecule has 0 spiro atoms. The zero-order chi connectivity index (χ0) is 31.1. The van der Waals surface area contributed by atoms with Crippen molar-refractivity contribution in [3.05, 3.63) is 97.3 Å². The largest absolute Gasteiger partial charge is 0.487 e. The molecule has 0 saturated heterocycles. The molecule has 0 aliphatic rings. The Hall–Kier alpha value is -4.13. The monoisotopic (exact) mass is 603 g/mol. The number of ether oxygens (including phenoxy) is 1. The molecule has 222 valence electrons. The summed E-state index contributed by atoms with van der Waals surface area (Å²) in [6, 6.07) is 8.77. The fraction of sp³-hybridized carbons (Fsp3) is 0.310. The number of carbonyl (C=O) groups excluding carboxylic acids is 2. The Morgan fingerprint density at radius 2 is 1.64 bits per heavy atom. The summed E-state index contributed by atoms with van der Waals surface area (Å²) in [6.45, 7) is 4.82. The number of benzene rings is 2. The summed E-state index contributed by atoms with van der Waals surface area (Å²) in [5.74, 6) is -3.32. The molecule has 2 heterocycles. The normalized spacial score (nSPS) is 12.1. The van der Waals surface area contributed by atoms with Crippen LogP contribution in [-0.4, -0.2) is 46.9 Å². The Kier molecular flexibility index (Phi) is 8.27. The molecule has 0 atom stereocenters. The summed E-state index contributed by atoms with van der Waals surface area (Å²) in [5.41, 5.74) is -4.48. The van der Waals surface area contributed by atoms with Gasteiger partial charge in [-0.2, -0.15) is 0 Å². The third kappa shape index (κ3) is 6.35. The maximum Gasteiger partial charge on any atom is 0.342 e. The van der Waals surface area contributed by atoms with Crippen LogP contribution in [0.1, 0.15) is 54.8 Å². The van der Waals surface area contributed by atoms with E-state index in [0.29, 0.717) is 16.2 Å². The van der Waals surface area contributed by atoms with Crippen LogP contribution < -0.4 is 16.0 Å². The highest BCUT2D eigenvalue weighted by molar-refractivity contribution is 6.31. The predicted molar refractivity (Wildman–Crippen MR) is 150 cm³/mol. The van der Waals surface area contributed by atoms with Crippen LogP contribution in [0.5, 0.6) is 5.75 Å². The van der Waals surface area contributed by atoms with E-state index < -0.39 is 52.3 Å². The molecule has 0 aliphatic heterocycles. The van der Waals surface area contributed by atoms with Gasteiger partial charge in [-0.05, 0) is 63.6 Å². The first-order valence-electron chi connectivity index (χ1n) is 12.7. The number of rotatable bonds is 8. The molecule has 0 saturated carbocycles. The van der Waals surface area contributed by atoms with E-state index in [1.807, 2.05) is 0 Å². The third-order valence-electron chi connectivity index (χ3n) is 6.29. The molecule has 0 fully saturated rings. The van der Waals surface area contributed by atoms with Crippen LogP contribution in [0.4, 0.5) is 8.78 Å². The first-order valence-corrected chi connectivity index (χ1v) is 13.1. The summed E-state index contributed by atoms with van der Waals surface area (Å²) >= 11 is 6.23. The van der Waals surface area contributed by atoms with Crippen molar-refractivity contribution >= 4 is 34.4 Å². The van der Waals surface area contributed by atoms with Gasteiger partial charge in [0.1, 0.15) is 34.6 Å². The molecule has 0 bridgehead atoms. The summed E-state index contributed by atoms with van der Waals surface area (Å²) < 4.78 is 35.2. The average Bonchev–Trinajstić information content (AvgIpc) is 3.16. The second kappa shape index (κ2) is 11.3. The van der Waals surface area contributed by atoms with E-state index in [4.69, 9.17) is 16.3 Å². The molecule has 0 amide bonds. The van der Waals surface area contributed by atoms with Gasteiger partial charge in [0.25, 0.3) is 11.5 Å². The Morgan fingerprint density at radius 1 is 0.952 bits per heavy atom. The molecular weight excluding hydrogens is 576 g/mol. The van der Waals surface area contributed by atoms with Gasteiger partial charge in [0.15, 0.2) is 0 Å². The molecule has 0 radical (unpaired) electrons. The number of pyridine rings is 1. The standard InChI is InChI=1S/C29H28ClF2N3O7/c1-28(2,40)13-23(36)34-21-11-16(5-8-20(21)35(27(34)39)26(38)29(3,4)41)14-33-10-9-22(24(30)25(33)37)42-15-17-6-7-18(31)12-19(17)32/h5-12,40-41H,13-15H2,1-4H3. The van der Waals surface area contributed by atoms with Crippen LogP contribution in [0, 0.1) is 11.6 Å². The highest BCUT2D eigenvalue weighted by Gasteiger charge is 2.32. The average molecular weight is 604 g/mol. The number of hydrogen-bond acceptors (Lipinski definition) is 7. The maximum absolute atomic E-state index is 13.9. The lowest BCUT2D eigenvalue weighted by molar-refractivity contribution is 0.0390. The van der Waals surface area contributed by atoms with E-state index in [1.54, 1.807) is 0 Å². The van der Waals surface area contributed by atoms with Gasteiger partial charge in [0.2, 0.25) is 5.91 Å². The molecule has 4 rings (SSSR count). The van der Waals surface area contributed by atoms with Crippen LogP contribution in [0.25, 0.3) is 11.0 Å². The van der Waals surface area contributed by atoms with E-state index in [-0.39, 0.29) is 40.5 Å². The van der Waals surface area contributed by atoms with Crippen molar-refractivity contribution in [3.8, 4) is 5.75 Å². The zero-order valence-corrected chi connectivity index (χ0v) is 23.9. The number of fused-ring (bicyclic) bond motifs is 1. The van der Waals surface area contributed by atoms with Crippen molar-refractivity contribution < 1.29 is 33.3 Å². The third-order valence-corrected chi connectivity index (χ3v) is 6.63. The van der Waals surface area contributed by atoms with Crippen LogP contribution in [-0.2, 0) is 13.2 Å². The lowest BCUT2D eigenvalue weighted by atomic mass is 10.1. The van der Waals surface area contributed by atoms with Crippen molar-refractivity contribution in [2.75, 3.05) is 0 Å². The zero-order valence-electron chi connectivity index (χ0n) is 23.2. The molecule has 0 aliphatic carbocycles. The van der Waals surface area contributed by atoms with Gasteiger partial charge in [-0.3, -0.25) is 14.4 Å². The fourth-order valence-corrected chi connectivity index (χ4v) is 4.48. The SMILES string of the molecule is CC(C)(O)CC(=O)n1c(=O)n(C(=O)C(C)(C)O)c2ccc(Cn3ccc(OCc4ccc(F)cc4F)c(Cl)c3=O)cc21. The first-order chi connectivity index (χ1) is 19.5. The van der Waals surface area contributed by atoms with Crippen LogP contribution in [0.2, 0.25) is 5.02 Å². The predicted octanol–water partition coefficient (Wildman–Crippen LogP) is 3.74. The number of carbonyl (C=O) groups is 2. The molecule has 42 heavy (non-hydrogen) atoms. The van der Waals surface area contributed by atoms with Crippen molar-refractivity contribution in [1.29, 1.82) is 0 Å². The lowest BCUT2D eigenvalue weighted by Crippen LogP contribution is -2.42. The van der Waals surface area contributed by atoms with Crippen molar-refractivity contribution in [3.63, 3.8) is 0 Å². The van der Waals surface area contributed by atoms with E-state index in [2.05, 4.69) is 0 Å². The minimum atomic E-state index is -1.93. The van der Waals surface area contributed by atoms with Crippen LogP contribution >= 0.6 is 11.6 Å². The molecule has 2 aromatic carbocycles. The Balaban J connectivity index is 1.70. The van der Waals surface area contributed by atoms with Gasteiger partial charge in [-0.15, -0.1) is 0 Å². The molecule has 2 aromatic heterocycles. The summed E-state index contributed by atoms with van der Waals surface area (Å²) in [5, 5.41) is 20.2. The molecule has 13 heteroatoms. The van der Waals surface area contributed by atoms with Gasteiger partial charge in [0, 0.05) is 17.8 Å². The summed E-state index contributed by atoms with van der Waals surface area (Å²) in [7, 11) is 0. The van der Waals surface area contributed by atoms with E-state index >= 15 is 0 Å². The smallest absolute Gasteiger partial charge is 0.342 e. The minimum absolute atomic E-state index is 0.0228. The van der Waals surface area contributed by atoms with E-state index in [0.717, 1.165) is 10.6 Å². The molecule has 2 N–H and O–H groups in total. The summed E-state index contributed by atoms with van der Waals surface area (Å²) in [4.78, 5) is 52.3. The van der Waals surface area contributed by atoms with Crippen molar-refractivity contribution in [1.82, 2.24) is 13.7 Å². The second-order valence-corrected chi connectivity index (χ2v) is 11.4. The molecule has 0 unspecified atom stereocenters. The number of aromatic nitrogens is 3. The van der Waals surface area contributed by atoms with Gasteiger partial charge >= 0.3 is 5.69 Å². The lowest BCUT2D eigenvalue weighted by Gasteiger charge is -2.16. The molecular formula is C29H28ClF2N3O7. The van der Waals surface area contributed by atoms with Crippen molar-refractivity contribution in [2.24, 2.45) is 0 Å². The Morgan fingerprint density at radius 3 is 2.26 bits per heavy atom. The quantitative estimate of drug-likeness (QED) is 0.313. The van der Waals surface area contributed by atoms with E-state index in [1.165, 1.54) is 68.8 Å². The molecule has 4 aromatic rings. The number of nitrogens with zero attached hydrogens (tertiary/aromatic N) is 3.